The number of nitrogens with one attached hydrogen (secondary N) is 2. The van der Waals surface area contributed by atoms with Crippen molar-refractivity contribution in [3.63, 3.8) is 0 Å². The number of rotatable bonds is 2. The summed E-state index contributed by atoms with van der Waals surface area (Å²) in [5.41, 5.74) is 2.52. The Morgan fingerprint density at radius 2 is 2.19 bits per heavy atom. The first-order chi connectivity index (χ1) is 7.53. The lowest BCUT2D eigenvalue weighted by molar-refractivity contribution is 0.532. The van der Waals surface area contributed by atoms with E-state index in [4.69, 9.17) is 0 Å². The van der Waals surface area contributed by atoms with Crippen molar-refractivity contribution in [3.8, 4) is 0 Å². The molecule has 4 heteroatoms. The van der Waals surface area contributed by atoms with Gasteiger partial charge in [-0.3, -0.25) is 4.68 Å². The molecule has 1 aromatic rings. The van der Waals surface area contributed by atoms with E-state index in [1.54, 1.807) is 0 Å². The Balaban J connectivity index is 2.37. The molecule has 0 saturated carbocycles. The Labute approximate surface area is 97.4 Å². The Bertz CT molecular complexity index is 379. The maximum Gasteiger partial charge on any atom is 0.148 e. The highest BCUT2D eigenvalue weighted by Gasteiger charge is 2.26. The van der Waals surface area contributed by atoms with Crippen molar-refractivity contribution in [3.05, 3.63) is 5.69 Å². The summed E-state index contributed by atoms with van der Waals surface area (Å²) in [5.74, 6) is 1.13. The van der Waals surface area contributed by atoms with Crippen molar-refractivity contribution >= 4 is 11.5 Å². The van der Waals surface area contributed by atoms with Gasteiger partial charge in [0.15, 0.2) is 0 Å². The zero-order chi connectivity index (χ0) is 11.8. The lowest BCUT2D eigenvalue weighted by atomic mass is 10.0. The molecule has 2 N–H and O–H groups in total. The Kier molecular flexibility index (Phi) is 2.82. The SMILES string of the molecule is CCCc1nn(C)c2c1NCCC(C)(C)N2. The van der Waals surface area contributed by atoms with Crippen molar-refractivity contribution in [1.82, 2.24) is 9.78 Å². The molecule has 2 rings (SSSR count). The molecule has 0 unspecified atom stereocenters. The number of aryl methyl sites for hydroxylation is 2. The van der Waals surface area contributed by atoms with Crippen molar-refractivity contribution in [2.45, 2.75) is 45.6 Å². The molecule has 90 valence electrons. The predicted octanol–water partition coefficient (Wildman–Crippen LogP) is 2.38. The maximum absolute atomic E-state index is 4.58. The lowest BCUT2D eigenvalue weighted by Crippen LogP contribution is -2.31. The van der Waals surface area contributed by atoms with E-state index in [9.17, 15) is 0 Å². The number of hydrogen-bond donors (Lipinski definition) is 2. The first kappa shape index (κ1) is 11.3. The Hall–Kier alpha value is -1.19. The van der Waals surface area contributed by atoms with E-state index < -0.39 is 0 Å². The van der Waals surface area contributed by atoms with Crippen molar-refractivity contribution in [1.29, 1.82) is 0 Å². The minimum Gasteiger partial charge on any atom is -0.380 e. The van der Waals surface area contributed by atoms with Crippen LogP contribution < -0.4 is 10.6 Å². The van der Waals surface area contributed by atoms with Crippen LogP contribution in [0.4, 0.5) is 11.5 Å². The molecule has 0 amide bonds. The van der Waals surface area contributed by atoms with Crippen molar-refractivity contribution < 1.29 is 0 Å². The standard InChI is InChI=1S/C12H22N4/c1-5-6-9-10-11(16(4)15-9)14-12(2,3)7-8-13-10/h13-14H,5-8H2,1-4H3. The smallest absolute Gasteiger partial charge is 0.148 e. The number of nitrogens with zero attached hydrogens (tertiary/aromatic N) is 2. The number of anilines is 2. The largest absolute Gasteiger partial charge is 0.380 e. The average Bonchev–Trinajstić information content (AvgIpc) is 2.40. The highest BCUT2D eigenvalue weighted by Crippen LogP contribution is 2.32. The van der Waals surface area contributed by atoms with Crippen LogP contribution in [0.3, 0.4) is 0 Å². The summed E-state index contributed by atoms with van der Waals surface area (Å²) >= 11 is 0. The average molecular weight is 222 g/mol. The van der Waals surface area contributed by atoms with Gasteiger partial charge in [0.1, 0.15) is 11.5 Å². The van der Waals surface area contributed by atoms with E-state index in [1.807, 2.05) is 11.7 Å². The van der Waals surface area contributed by atoms with Crippen LogP contribution in [0.5, 0.6) is 0 Å². The van der Waals surface area contributed by atoms with Gasteiger partial charge in [0, 0.05) is 19.1 Å². The molecule has 4 nitrogen and oxygen atoms in total. The molecule has 1 aliphatic rings. The van der Waals surface area contributed by atoms with E-state index in [1.165, 1.54) is 11.4 Å². The summed E-state index contributed by atoms with van der Waals surface area (Å²) in [5, 5.41) is 11.7. The zero-order valence-corrected chi connectivity index (χ0v) is 10.7. The van der Waals surface area contributed by atoms with Gasteiger partial charge in [-0.1, -0.05) is 13.3 Å². The van der Waals surface area contributed by atoms with Crippen LogP contribution in [-0.2, 0) is 13.5 Å². The van der Waals surface area contributed by atoms with Crippen LogP contribution in [0, 0.1) is 0 Å². The molecular weight excluding hydrogens is 200 g/mol. The van der Waals surface area contributed by atoms with Gasteiger partial charge >= 0.3 is 0 Å². The first-order valence-corrected chi connectivity index (χ1v) is 6.11. The summed E-state index contributed by atoms with van der Waals surface area (Å²) in [6.07, 6.45) is 3.29. The second-order valence-corrected chi connectivity index (χ2v) is 5.23. The summed E-state index contributed by atoms with van der Waals surface area (Å²) in [6, 6.07) is 0. The van der Waals surface area contributed by atoms with Crippen LogP contribution in [0.2, 0.25) is 0 Å². The number of fused-ring (bicyclic) bond motifs is 1. The lowest BCUT2D eigenvalue weighted by Gasteiger charge is -2.24. The van der Waals surface area contributed by atoms with Gasteiger partial charge in [-0.25, -0.2) is 0 Å². The molecule has 0 aliphatic carbocycles. The van der Waals surface area contributed by atoms with Gasteiger partial charge in [0.2, 0.25) is 0 Å². The van der Waals surface area contributed by atoms with Crippen LogP contribution >= 0.6 is 0 Å². The number of aromatic nitrogens is 2. The van der Waals surface area contributed by atoms with Crippen LogP contribution in [-0.4, -0.2) is 21.9 Å². The molecule has 0 fully saturated rings. The normalized spacial score (nSPS) is 18.2. The summed E-state index contributed by atoms with van der Waals surface area (Å²) < 4.78 is 1.96. The summed E-state index contributed by atoms with van der Waals surface area (Å²) in [4.78, 5) is 0. The monoisotopic (exact) mass is 222 g/mol. The third-order valence-electron chi connectivity index (χ3n) is 3.12. The second-order valence-electron chi connectivity index (χ2n) is 5.23. The van der Waals surface area contributed by atoms with Crippen LogP contribution in [0.15, 0.2) is 0 Å². The minimum atomic E-state index is 0.134. The molecular formula is C12H22N4. The topological polar surface area (TPSA) is 41.9 Å². The van der Waals surface area contributed by atoms with E-state index in [-0.39, 0.29) is 5.54 Å². The second kappa shape index (κ2) is 4.00. The zero-order valence-electron chi connectivity index (χ0n) is 10.7. The Morgan fingerprint density at radius 3 is 2.88 bits per heavy atom. The quantitative estimate of drug-likeness (QED) is 0.807. The summed E-state index contributed by atoms with van der Waals surface area (Å²) in [6.45, 7) is 7.66. The fraction of sp³-hybridized carbons (Fsp3) is 0.750. The van der Waals surface area contributed by atoms with E-state index in [2.05, 4.69) is 36.5 Å². The third-order valence-corrected chi connectivity index (χ3v) is 3.12. The maximum atomic E-state index is 4.58. The predicted molar refractivity (Wildman–Crippen MR) is 68.0 cm³/mol. The van der Waals surface area contributed by atoms with Crippen LogP contribution in [0.1, 0.15) is 39.3 Å². The fourth-order valence-electron chi connectivity index (χ4n) is 2.20. The Morgan fingerprint density at radius 1 is 1.44 bits per heavy atom. The van der Waals surface area contributed by atoms with Gasteiger partial charge < -0.3 is 10.6 Å². The minimum absolute atomic E-state index is 0.134. The molecule has 1 aromatic heterocycles. The molecule has 16 heavy (non-hydrogen) atoms. The van der Waals surface area contributed by atoms with Gasteiger partial charge in [-0.2, -0.15) is 5.10 Å². The van der Waals surface area contributed by atoms with E-state index in [0.717, 1.165) is 31.6 Å². The molecule has 0 saturated heterocycles. The van der Waals surface area contributed by atoms with Crippen LogP contribution in [0.25, 0.3) is 0 Å². The third kappa shape index (κ3) is 2.01. The molecule has 1 aliphatic heterocycles. The van der Waals surface area contributed by atoms with Gasteiger partial charge in [0.05, 0.1) is 5.69 Å². The van der Waals surface area contributed by atoms with Gasteiger partial charge in [-0.05, 0) is 26.7 Å². The molecule has 0 atom stereocenters. The highest BCUT2D eigenvalue weighted by atomic mass is 15.3. The van der Waals surface area contributed by atoms with E-state index in [0.29, 0.717) is 0 Å². The highest BCUT2D eigenvalue weighted by molar-refractivity contribution is 5.69. The van der Waals surface area contributed by atoms with Crippen molar-refractivity contribution in [2.75, 3.05) is 17.2 Å². The van der Waals surface area contributed by atoms with Gasteiger partial charge in [-0.15, -0.1) is 0 Å². The molecule has 0 aromatic carbocycles. The molecule has 2 heterocycles. The molecule has 0 bridgehead atoms. The molecule has 0 spiro atoms. The van der Waals surface area contributed by atoms with Crippen molar-refractivity contribution in [2.24, 2.45) is 7.05 Å². The molecule has 0 radical (unpaired) electrons. The van der Waals surface area contributed by atoms with E-state index >= 15 is 0 Å². The van der Waals surface area contributed by atoms with Gasteiger partial charge in [0.25, 0.3) is 0 Å². The number of hydrogen-bond acceptors (Lipinski definition) is 3. The summed E-state index contributed by atoms with van der Waals surface area (Å²) in [7, 11) is 2.01. The fourth-order valence-corrected chi connectivity index (χ4v) is 2.20. The first-order valence-electron chi connectivity index (χ1n) is 6.11.